The molecule has 0 fully saturated rings. The fourth-order valence-electron chi connectivity index (χ4n) is 1.89. The summed E-state index contributed by atoms with van der Waals surface area (Å²) in [6, 6.07) is 5.00. The van der Waals surface area contributed by atoms with Crippen LogP contribution in [0.5, 0.6) is 0 Å². The van der Waals surface area contributed by atoms with Gasteiger partial charge in [-0.1, -0.05) is 12.1 Å². The van der Waals surface area contributed by atoms with Gasteiger partial charge in [0.25, 0.3) is 0 Å². The van der Waals surface area contributed by atoms with E-state index in [1.54, 1.807) is 20.2 Å². The van der Waals surface area contributed by atoms with Crippen molar-refractivity contribution in [3.05, 3.63) is 35.4 Å². The van der Waals surface area contributed by atoms with Crippen molar-refractivity contribution < 1.29 is 22.7 Å². The van der Waals surface area contributed by atoms with Crippen molar-refractivity contribution in [3.8, 4) is 0 Å². The molecule has 1 aromatic rings. The number of amides is 1. The molecular formula is C17H25F3N4O2. The van der Waals surface area contributed by atoms with E-state index in [1.807, 2.05) is 6.92 Å². The Morgan fingerprint density at radius 2 is 2.00 bits per heavy atom. The molecule has 0 atom stereocenters. The van der Waals surface area contributed by atoms with Gasteiger partial charge in [0.1, 0.15) is 0 Å². The van der Waals surface area contributed by atoms with Gasteiger partial charge in [-0.15, -0.1) is 0 Å². The maximum absolute atomic E-state index is 12.8. The molecule has 0 spiro atoms. The molecule has 26 heavy (non-hydrogen) atoms. The summed E-state index contributed by atoms with van der Waals surface area (Å²) in [7, 11) is 3.26. The second-order valence-electron chi connectivity index (χ2n) is 5.63. The highest BCUT2D eigenvalue weighted by molar-refractivity contribution is 5.86. The number of nitrogens with zero attached hydrogens (tertiary/aromatic N) is 2. The Kier molecular flexibility index (Phi) is 8.91. The van der Waals surface area contributed by atoms with E-state index in [4.69, 9.17) is 4.74 Å². The standard InChI is InChI=1S/C17H25F3N4O2/c1-4-26-9-8-21-16(23-12-15(25)24(2)3)22-11-13-6-5-7-14(10-13)17(18,19)20/h5-7,10H,4,8-9,11-12H2,1-3H3,(H2,21,22,23). The molecule has 0 saturated carbocycles. The lowest BCUT2D eigenvalue weighted by Gasteiger charge is -2.15. The molecule has 1 aromatic carbocycles. The number of likely N-dealkylation sites (N-methyl/N-ethyl adjacent to an activating group) is 1. The second-order valence-corrected chi connectivity index (χ2v) is 5.63. The maximum atomic E-state index is 12.8. The molecule has 0 aliphatic carbocycles. The number of halogens is 3. The Balaban J connectivity index is 2.76. The summed E-state index contributed by atoms with van der Waals surface area (Å²) in [4.78, 5) is 17.4. The number of alkyl halides is 3. The Morgan fingerprint density at radius 3 is 2.62 bits per heavy atom. The lowest BCUT2D eigenvalue weighted by molar-refractivity contribution is -0.137. The van der Waals surface area contributed by atoms with Gasteiger partial charge in [0.15, 0.2) is 5.96 Å². The van der Waals surface area contributed by atoms with Crippen molar-refractivity contribution in [1.82, 2.24) is 15.5 Å². The van der Waals surface area contributed by atoms with Crippen molar-refractivity contribution in [2.45, 2.75) is 19.6 Å². The van der Waals surface area contributed by atoms with Gasteiger partial charge >= 0.3 is 6.18 Å². The number of nitrogens with one attached hydrogen (secondary N) is 2. The molecule has 0 bridgehead atoms. The highest BCUT2D eigenvalue weighted by atomic mass is 19.4. The average Bonchev–Trinajstić information content (AvgIpc) is 2.59. The van der Waals surface area contributed by atoms with Crippen LogP contribution in [0.4, 0.5) is 13.2 Å². The number of hydrogen-bond acceptors (Lipinski definition) is 3. The molecule has 0 radical (unpaired) electrons. The van der Waals surface area contributed by atoms with Gasteiger partial charge in [-0.2, -0.15) is 13.2 Å². The van der Waals surface area contributed by atoms with Gasteiger partial charge in [-0.05, 0) is 24.6 Å². The van der Waals surface area contributed by atoms with E-state index in [0.29, 0.717) is 31.3 Å². The molecular weight excluding hydrogens is 349 g/mol. The Bertz CT molecular complexity index is 604. The minimum atomic E-state index is -4.39. The molecule has 2 N–H and O–H groups in total. The number of carbonyl (C=O) groups excluding carboxylic acids is 1. The van der Waals surface area contributed by atoms with E-state index in [-0.39, 0.29) is 19.0 Å². The quantitative estimate of drug-likeness (QED) is 0.414. The van der Waals surface area contributed by atoms with Crippen LogP contribution in [-0.2, 0) is 22.3 Å². The first kappa shape index (κ1) is 21.8. The Morgan fingerprint density at radius 1 is 1.27 bits per heavy atom. The maximum Gasteiger partial charge on any atom is 0.416 e. The fraction of sp³-hybridized carbons (Fsp3) is 0.529. The van der Waals surface area contributed by atoms with Crippen molar-refractivity contribution in [1.29, 1.82) is 0 Å². The third-order valence-electron chi connectivity index (χ3n) is 3.32. The summed E-state index contributed by atoms with van der Waals surface area (Å²) < 4.78 is 43.5. The average molecular weight is 374 g/mol. The zero-order valence-electron chi connectivity index (χ0n) is 15.2. The summed E-state index contributed by atoms with van der Waals surface area (Å²) in [5.41, 5.74) is -0.295. The van der Waals surface area contributed by atoms with E-state index in [2.05, 4.69) is 15.6 Å². The minimum Gasteiger partial charge on any atom is -0.380 e. The summed E-state index contributed by atoms with van der Waals surface area (Å²) in [5.74, 6) is 0.181. The SMILES string of the molecule is CCOCCNC(=NCc1cccc(C(F)(F)F)c1)NCC(=O)N(C)C. The predicted molar refractivity (Wildman–Crippen MR) is 93.8 cm³/mol. The van der Waals surface area contributed by atoms with Crippen LogP contribution in [0.25, 0.3) is 0 Å². The molecule has 9 heteroatoms. The van der Waals surface area contributed by atoms with Crippen LogP contribution < -0.4 is 10.6 Å². The van der Waals surface area contributed by atoms with Crippen LogP contribution in [0.2, 0.25) is 0 Å². The summed E-state index contributed by atoms with van der Waals surface area (Å²) in [5, 5.41) is 5.85. The number of rotatable bonds is 8. The van der Waals surface area contributed by atoms with E-state index in [1.165, 1.54) is 11.0 Å². The zero-order valence-corrected chi connectivity index (χ0v) is 15.2. The molecule has 6 nitrogen and oxygen atoms in total. The molecule has 0 saturated heterocycles. The van der Waals surface area contributed by atoms with E-state index < -0.39 is 11.7 Å². The van der Waals surface area contributed by atoms with E-state index in [0.717, 1.165) is 12.1 Å². The third kappa shape index (κ3) is 8.19. The van der Waals surface area contributed by atoms with Crippen molar-refractivity contribution >= 4 is 11.9 Å². The van der Waals surface area contributed by atoms with Crippen molar-refractivity contribution in [3.63, 3.8) is 0 Å². The fourth-order valence-corrected chi connectivity index (χ4v) is 1.89. The molecule has 146 valence electrons. The van der Waals surface area contributed by atoms with Crippen LogP contribution in [0.15, 0.2) is 29.3 Å². The Hall–Kier alpha value is -2.29. The van der Waals surface area contributed by atoms with Crippen LogP contribution in [0, 0.1) is 0 Å². The predicted octanol–water partition coefficient (Wildman–Crippen LogP) is 1.87. The number of benzene rings is 1. The zero-order chi connectivity index (χ0) is 19.6. The summed E-state index contributed by atoms with van der Waals surface area (Å²) in [6.07, 6.45) is -4.39. The molecule has 1 rings (SSSR count). The summed E-state index contributed by atoms with van der Waals surface area (Å²) >= 11 is 0. The van der Waals surface area contributed by atoms with Crippen LogP contribution in [-0.4, -0.2) is 57.2 Å². The molecule has 0 unspecified atom stereocenters. The van der Waals surface area contributed by atoms with Crippen molar-refractivity contribution in [2.24, 2.45) is 4.99 Å². The van der Waals surface area contributed by atoms with Gasteiger partial charge in [0, 0.05) is 27.2 Å². The van der Waals surface area contributed by atoms with Gasteiger partial charge in [-0.3, -0.25) is 4.79 Å². The first-order valence-corrected chi connectivity index (χ1v) is 8.20. The number of carbonyl (C=O) groups is 1. The number of hydrogen-bond donors (Lipinski definition) is 2. The summed E-state index contributed by atoms with van der Waals surface area (Å²) in [6.45, 7) is 3.42. The largest absolute Gasteiger partial charge is 0.416 e. The molecule has 0 aliphatic rings. The van der Waals surface area contributed by atoms with Crippen LogP contribution >= 0.6 is 0 Å². The van der Waals surface area contributed by atoms with Gasteiger partial charge < -0.3 is 20.3 Å². The van der Waals surface area contributed by atoms with Gasteiger partial charge in [-0.25, -0.2) is 4.99 Å². The number of guanidine groups is 1. The highest BCUT2D eigenvalue weighted by Gasteiger charge is 2.30. The third-order valence-corrected chi connectivity index (χ3v) is 3.32. The van der Waals surface area contributed by atoms with Gasteiger partial charge in [0.2, 0.25) is 5.91 Å². The smallest absolute Gasteiger partial charge is 0.380 e. The van der Waals surface area contributed by atoms with Crippen LogP contribution in [0.3, 0.4) is 0 Å². The lowest BCUT2D eigenvalue weighted by atomic mass is 10.1. The monoisotopic (exact) mass is 374 g/mol. The highest BCUT2D eigenvalue weighted by Crippen LogP contribution is 2.29. The second kappa shape index (κ2) is 10.6. The molecule has 0 aromatic heterocycles. The normalized spacial score (nSPS) is 12.0. The molecule has 0 heterocycles. The first-order valence-electron chi connectivity index (χ1n) is 8.20. The molecule has 0 aliphatic heterocycles. The number of aliphatic imine (C=N–C) groups is 1. The molecule has 1 amide bonds. The van der Waals surface area contributed by atoms with Crippen LogP contribution in [0.1, 0.15) is 18.1 Å². The minimum absolute atomic E-state index is 0.0239. The van der Waals surface area contributed by atoms with Gasteiger partial charge in [0.05, 0.1) is 25.3 Å². The van der Waals surface area contributed by atoms with Crippen molar-refractivity contribution in [2.75, 3.05) is 40.4 Å². The van der Waals surface area contributed by atoms with E-state index >= 15 is 0 Å². The topological polar surface area (TPSA) is 66.0 Å². The number of ether oxygens (including phenoxy) is 1. The van der Waals surface area contributed by atoms with E-state index in [9.17, 15) is 18.0 Å². The lowest BCUT2D eigenvalue weighted by Crippen LogP contribution is -2.43. The Labute approximate surface area is 151 Å². The first-order chi connectivity index (χ1) is 12.2.